The molecule has 2 N–H and O–H groups in total. The van der Waals surface area contributed by atoms with Crippen LogP contribution in [0.5, 0.6) is 11.5 Å². The Morgan fingerprint density at radius 2 is 1.83 bits per heavy atom. The fraction of sp³-hybridized carbons (Fsp3) is 0.0909. The average Bonchev–Trinajstić information content (AvgIpc) is 3.29. The van der Waals surface area contributed by atoms with Crippen LogP contribution in [0.25, 0.3) is 6.08 Å². The zero-order valence-electron chi connectivity index (χ0n) is 16.3. The number of anilines is 2. The second kappa shape index (κ2) is 9.67. The lowest BCUT2D eigenvalue weighted by Crippen LogP contribution is -2.15. The fourth-order valence-corrected chi connectivity index (χ4v) is 2.79. The van der Waals surface area contributed by atoms with E-state index in [1.807, 2.05) is 0 Å². The van der Waals surface area contributed by atoms with Crippen LogP contribution >= 0.6 is 11.6 Å². The van der Waals surface area contributed by atoms with E-state index in [1.165, 1.54) is 31.6 Å². The van der Waals surface area contributed by atoms with Gasteiger partial charge in [0.1, 0.15) is 11.5 Å². The molecule has 3 rings (SSSR count). The quantitative estimate of drug-likeness (QED) is 0.527. The van der Waals surface area contributed by atoms with E-state index in [2.05, 4.69) is 10.6 Å². The number of hydrogen-bond acceptors (Lipinski definition) is 5. The largest absolute Gasteiger partial charge is 0.497 e. The van der Waals surface area contributed by atoms with Crippen molar-refractivity contribution in [3.63, 3.8) is 0 Å². The molecule has 3 aromatic rings. The lowest BCUT2D eigenvalue weighted by molar-refractivity contribution is -0.111. The van der Waals surface area contributed by atoms with Crippen molar-refractivity contribution in [2.75, 3.05) is 24.9 Å². The molecule has 1 heterocycles. The van der Waals surface area contributed by atoms with Gasteiger partial charge in [-0.15, -0.1) is 0 Å². The molecule has 7 nitrogen and oxygen atoms in total. The van der Waals surface area contributed by atoms with E-state index >= 15 is 0 Å². The van der Waals surface area contributed by atoms with Gasteiger partial charge in [-0.2, -0.15) is 0 Å². The molecule has 0 unspecified atom stereocenters. The highest BCUT2D eigenvalue weighted by atomic mass is 35.5. The molecule has 2 amide bonds. The average molecular weight is 427 g/mol. The number of nitrogens with one attached hydrogen (secondary N) is 2. The molecule has 0 radical (unpaired) electrons. The highest BCUT2D eigenvalue weighted by molar-refractivity contribution is 6.31. The third kappa shape index (κ3) is 5.21. The molecule has 2 aromatic carbocycles. The maximum absolute atomic E-state index is 12.4. The standard InChI is InChI=1S/C22H19ClN2O5/c1-28-16-8-5-14(20(13-16)29-2)6-10-21(26)24-17-9-7-15(23)12-18(17)25-22(27)19-4-3-11-30-19/h3-13H,1-2H3,(H,24,26)(H,25,27)/b10-6+. The summed E-state index contributed by atoms with van der Waals surface area (Å²) in [7, 11) is 3.10. The number of amides is 2. The minimum absolute atomic E-state index is 0.138. The Bertz CT molecular complexity index is 1080. The van der Waals surface area contributed by atoms with Gasteiger partial charge >= 0.3 is 0 Å². The highest BCUT2D eigenvalue weighted by Gasteiger charge is 2.13. The predicted octanol–water partition coefficient (Wildman–Crippen LogP) is 4.85. The molecular weight excluding hydrogens is 408 g/mol. The molecule has 30 heavy (non-hydrogen) atoms. The van der Waals surface area contributed by atoms with E-state index < -0.39 is 11.8 Å². The van der Waals surface area contributed by atoms with Gasteiger partial charge in [0.2, 0.25) is 5.91 Å². The SMILES string of the molecule is COc1ccc(/C=C/C(=O)Nc2ccc(Cl)cc2NC(=O)c2ccco2)c(OC)c1. The van der Waals surface area contributed by atoms with E-state index in [1.54, 1.807) is 49.6 Å². The molecule has 8 heteroatoms. The smallest absolute Gasteiger partial charge is 0.291 e. The van der Waals surface area contributed by atoms with Crippen LogP contribution in [0.15, 0.2) is 65.3 Å². The van der Waals surface area contributed by atoms with Crippen LogP contribution in [0, 0.1) is 0 Å². The van der Waals surface area contributed by atoms with Crippen molar-refractivity contribution in [2.24, 2.45) is 0 Å². The van der Waals surface area contributed by atoms with Gasteiger partial charge in [0.05, 0.1) is 31.9 Å². The summed E-state index contributed by atoms with van der Waals surface area (Å²) in [6, 6.07) is 13.1. The van der Waals surface area contributed by atoms with Gasteiger partial charge in [-0.3, -0.25) is 9.59 Å². The third-order valence-electron chi connectivity index (χ3n) is 4.09. The first-order valence-electron chi connectivity index (χ1n) is 8.85. The minimum atomic E-state index is -0.462. The van der Waals surface area contributed by atoms with Crippen LogP contribution in [0.2, 0.25) is 5.02 Å². The Labute approximate surface area is 178 Å². The Morgan fingerprint density at radius 3 is 2.53 bits per heavy atom. The van der Waals surface area contributed by atoms with Gasteiger partial charge in [-0.05, 0) is 48.5 Å². The third-order valence-corrected chi connectivity index (χ3v) is 4.32. The number of furan rings is 1. The van der Waals surface area contributed by atoms with Gasteiger partial charge in [-0.1, -0.05) is 11.6 Å². The van der Waals surface area contributed by atoms with Crippen molar-refractivity contribution in [2.45, 2.75) is 0 Å². The zero-order valence-corrected chi connectivity index (χ0v) is 17.0. The summed E-state index contributed by atoms with van der Waals surface area (Å²) in [6.45, 7) is 0. The first kappa shape index (κ1) is 21.0. The molecule has 0 saturated heterocycles. The molecule has 1 aromatic heterocycles. The second-order valence-corrected chi connectivity index (χ2v) is 6.49. The highest BCUT2D eigenvalue weighted by Crippen LogP contribution is 2.28. The van der Waals surface area contributed by atoms with E-state index in [0.29, 0.717) is 33.5 Å². The minimum Gasteiger partial charge on any atom is -0.497 e. The summed E-state index contributed by atoms with van der Waals surface area (Å²) in [5.74, 6) is 0.488. The Balaban J connectivity index is 1.75. The van der Waals surface area contributed by atoms with Gasteiger partial charge in [0.25, 0.3) is 5.91 Å². The molecule has 154 valence electrons. The molecular formula is C22H19ClN2O5. The summed E-state index contributed by atoms with van der Waals surface area (Å²) in [5.41, 5.74) is 1.43. The van der Waals surface area contributed by atoms with Crippen molar-refractivity contribution >= 4 is 40.9 Å². The van der Waals surface area contributed by atoms with Crippen LogP contribution in [-0.4, -0.2) is 26.0 Å². The van der Waals surface area contributed by atoms with E-state index in [-0.39, 0.29) is 5.76 Å². The van der Waals surface area contributed by atoms with Crippen molar-refractivity contribution in [1.29, 1.82) is 0 Å². The van der Waals surface area contributed by atoms with E-state index in [9.17, 15) is 9.59 Å². The first-order valence-corrected chi connectivity index (χ1v) is 9.23. The van der Waals surface area contributed by atoms with Crippen molar-refractivity contribution in [3.8, 4) is 11.5 Å². The maximum Gasteiger partial charge on any atom is 0.291 e. The molecule has 0 aliphatic rings. The Morgan fingerprint density at radius 1 is 1.00 bits per heavy atom. The van der Waals surface area contributed by atoms with E-state index in [4.69, 9.17) is 25.5 Å². The number of halogens is 1. The number of carbonyl (C=O) groups is 2. The second-order valence-electron chi connectivity index (χ2n) is 6.05. The number of carbonyl (C=O) groups excluding carboxylic acids is 2. The maximum atomic E-state index is 12.4. The fourth-order valence-electron chi connectivity index (χ4n) is 2.62. The molecule has 0 spiro atoms. The summed E-state index contributed by atoms with van der Waals surface area (Å²) in [6.07, 6.45) is 4.37. The number of rotatable bonds is 7. The number of benzene rings is 2. The molecule has 0 aliphatic carbocycles. The predicted molar refractivity (Wildman–Crippen MR) is 115 cm³/mol. The molecule has 0 bridgehead atoms. The van der Waals surface area contributed by atoms with Crippen molar-refractivity contribution in [3.05, 3.63) is 77.2 Å². The Kier molecular flexibility index (Phi) is 6.77. The van der Waals surface area contributed by atoms with Crippen molar-refractivity contribution in [1.82, 2.24) is 0 Å². The summed E-state index contributed by atoms with van der Waals surface area (Å²) in [4.78, 5) is 24.7. The van der Waals surface area contributed by atoms with Crippen LogP contribution < -0.4 is 20.1 Å². The van der Waals surface area contributed by atoms with Crippen LogP contribution in [0.4, 0.5) is 11.4 Å². The summed E-state index contributed by atoms with van der Waals surface area (Å²) < 4.78 is 15.6. The Hall–Kier alpha value is -3.71. The van der Waals surface area contributed by atoms with Crippen molar-refractivity contribution < 1.29 is 23.5 Å². The van der Waals surface area contributed by atoms with Gasteiger partial charge in [0, 0.05) is 22.7 Å². The molecule has 0 atom stereocenters. The lowest BCUT2D eigenvalue weighted by atomic mass is 10.1. The van der Waals surface area contributed by atoms with Gasteiger partial charge in [0.15, 0.2) is 5.76 Å². The van der Waals surface area contributed by atoms with E-state index in [0.717, 1.165) is 0 Å². The summed E-state index contributed by atoms with van der Waals surface area (Å²) >= 11 is 6.04. The first-order chi connectivity index (χ1) is 14.5. The van der Waals surface area contributed by atoms with Gasteiger partial charge in [-0.25, -0.2) is 0 Å². The molecule has 0 saturated carbocycles. The number of hydrogen-bond donors (Lipinski definition) is 2. The lowest BCUT2D eigenvalue weighted by Gasteiger charge is -2.11. The molecule has 0 aliphatic heterocycles. The molecule has 0 fully saturated rings. The topological polar surface area (TPSA) is 89.8 Å². The zero-order chi connectivity index (χ0) is 21.5. The normalized spacial score (nSPS) is 10.6. The van der Waals surface area contributed by atoms with Crippen LogP contribution in [-0.2, 0) is 4.79 Å². The monoisotopic (exact) mass is 426 g/mol. The van der Waals surface area contributed by atoms with Crippen LogP contribution in [0.1, 0.15) is 16.1 Å². The van der Waals surface area contributed by atoms with Gasteiger partial charge < -0.3 is 24.5 Å². The number of ether oxygens (including phenoxy) is 2. The summed E-state index contributed by atoms with van der Waals surface area (Å²) in [5, 5.41) is 5.80. The number of methoxy groups -OCH3 is 2. The van der Waals surface area contributed by atoms with Crippen LogP contribution in [0.3, 0.4) is 0 Å².